The number of halogens is 3. The third kappa shape index (κ3) is 3.10. The van der Waals surface area contributed by atoms with Crippen molar-refractivity contribution in [2.45, 2.75) is 12.5 Å². The maximum Gasteiger partial charge on any atom is 0.254 e. The molecule has 0 radical (unpaired) electrons. The Morgan fingerprint density at radius 1 is 1.32 bits per heavy atom. The molecule has 114 valence electrons. The molecule has 1 unspecified atom stereocenters. The van der Waals surface area contributed by atoms with Crippen LogP contribution in [-0.4, -0.2) is 12.5 Å². The summed E-state index contributed by atoms with van der Waals surface area (Å²) in [5, 5.41) is 3.17. The van der Waals surface area contributed by atoms with Crippen LogP contribution < -0.4 is 10.1 Å². The van der Waals surface area contributed by atoms with E-state index < -0.39 is 11.7 Å². The van der Waals surface area contributed by atoms with E-state index >= 15 is 0 Å². The molecule has 3 rings (SSSR count). The molecule has 1 heterocycles. The van der Waals surface area contributed by atoms with E-state index in [1.165, 1.54) is 18.2 Å². The Kier molecular flexibility index (Phi) is 4.36. The normalized spacial score (nSPS) is 16.6. The van der Waals surface area contributed by atoms with E-state index in [-0.39, 0.29) is 11.6 Å². The molecule has 0 spiro atoms. The van der Waals surface area contributed by atoms with E-state index in [1.54, 1.807) is 0 Å². The summed E-state index contributed by atoms with van der Waals surface area (Å²) >= 11 is 9.24. The molecule has 0 saturated carbocycles. The van der Waals surface area contributed by atoms with Gasteiger partial charge < -0.3 is 10.1 Å². The lowest BCUT2D eigenvalue weighted by Crippen LogP contribution is -2.32. The Labute approximate surface area is 140 Å². The molecule has 0 fully saturated rings. The Bertz CT molecular complexity index is 738. The van der Waals surface area contributed by atoms with E-state index in [1.807, 2.05) is 18.2 Å². The van der Waals surface area contributed by atoms with E-state index in [0.717, 1.165) is 15.8 Å². The summed E-state index contributed by atoms with van der Waals surface area (Å²) in [6.45, 7) is 0.498. The first-order valence-corrected chi connectivity index (χ1v) is 7.90. The average Bonchev–Trinajstić information content (AvgIpc) is 2.50. The van der Waals surface area contributed by atoms with Gasteiger partial charge >= 0.3 is 0 Å². The number of fused-ring (bicyclic) bond motifs is 1. The molecule has 0 bridgehead atoms. The lowest BCUT2D eigenvalue weighted by molar-refractivity contribution is 0.0920. The highest BCUT2D eigenvalue weighted by atomic mass is 79.9. The Morgan fingerprint density at radius 2 is 2.14 bits per heavy atom. The number of rotatable bonds is 2. The second-order valence-corrected chi connectivity index (χ2v) is 6.32. The number of benzene rings is 2. The van der Waals surface area contributed by atoms with Crippen molar-refractivity contribution in [1.29, 1.82) is 0 Å². The van der Waals surface area contributed by atoms with Gasteiger partial charge in [0, 0.05) is 21.5 Å². The van der Waals surface area contributed by atoms with Gasteiger partial charge in [-0.2, -0.15) is 0 Å². The van der Waals surface area contributed by atoms with E-state index in [9.17, 15) is 9.18 Å². The zero-order valence-electron chi connectivity index (χ0n) is 11.4. The van der Waals surface area contributed by atoms with Crippen LogP contribution in [0.25, 0.3) is 0 Å². The summed E-state index contributed by atoms with van der Waals surface area (Å²) < 4.78 is 20.2. The van der Waals surface area contributed by atoms with Crippen LogP contribution in [0.1, 0.15) is 28.4 Å². The lowest BCUT2D eigenvalue weighted by atomic mass is 10.00. The summed E-state index contributed by atoms with van der Waals surface area (Å²) in [6.07, 6.45) is 0.622. The predicted molar refractivity (Wildman–Crippen MR) is 85.9 cm³/mol. The van der Waals surface area contributed by atoms with Crippen molar-refractivity contribution in [3.05, 3.63) is 62.8 Å². The molecule has 1 amide bonds. The zero-order valence-corrected chi connectivity index (χ0v) is 13.7. The number of hydrogen-bond donors (Lipinski definition) is 1. The van der Waals surface area contributed by atoms with Gasteiger partial charge in [-0.1, -0.05) is 27.5 Å². The fraction of sp³-hybridized carbons (Fsp3) is 0.188. The Balaban J connectivity index is 1.87. The molecule has 2 aromatic carbocycles. The molecular weight excluding hydrogens is 373 g/mol. The number of amides is 1. The van der Waals surface area contributed by atoms with Gasteiger partial charge in [0.2, 0.25) is 0 Å². The first-order valence-electron chi connectivity index (χ1n) is 6.73. The molecule has 1 N–H and O–H groups in total. The van der Waals surface area contributed by atoms with E-state index in [0.29, 0.717) is 18.1 Å². The van der Waals surface area contributed by atoms with Crippen molar-refractivity contribution < 1.29 is 13.9 Å². The first kappa shape index (κ1) is 15.3. The van der Waals surface area contributed by atoms with Crippen LogP contribution in [0, 0.1) is 5.82 Å². The topological polar surface area (TPSA) is 38.3 Å². The van der Waals surface area contributed by atoms with Crippen LogP contribution in [0.2, 0.25) is 5.02 Å². The smallest absolute Gasteiger partial charge is 0.254 e. The number of ether oxygens (including phenoxy) is 1. The summed E-state index contributed by atoms with van der Waals surface area (Å²) in [6, 6.07) is 9.31. The van der Waals surface area contributed by atoms with Gasteiger partial charge in [-0.25, -0.2) is 4.39 Å². The van der Waals surface area contributed by atoms with Crippen LogP contribution in [0.15, 0.2) is 40.9 Å². The van der Waals surface area contributed by atoms with Crippen molar-refractivity contribution in [1.82, 2.24) is 5.32 Å². The summed E-state index contributed by atoms with van der Waals surface area (Å²) in [4.78, 5) is 12.3. The molecule has 3 nitrogen and oxygen atoms in total. The summed E-state index contributed by atoms with van der Waals surface area (Å²) in [7, 11) is 0. The van der Waals surface area contributed by atoms with Crippen LogP contribution in [0.5, 0.6) is 5.75 Å². The molecule has 1 aliphatic rings. The van der Waals surface area contributed by atoms with Crippen LogP contribution in [0.4, 0.5) is 4.39 Å². The third-order valence-corrected chi connectivity index (χ3v) is 4.22. The first-order chi connectivity index (χ1) is 10.5. The van der Waals surface area contributed by atoms with E-state index in [2.05, 4.69) is 21.2 Å². The minimum Gasteiger partial charge on any atom is -0.493 e. The molecule has 1 aliphatic heterocycles. The third-order valence-electron chi connectivity index (χ3n) is 3.49. The Morgan fingerprint density at radius 3 is 2.95 bits per heavy atom. The van der Waals surface area contributed by atoms with Crippen LogP contribution >= 0.6 is 27.5 Å². The molecule has 1 atom stereocenters. The molecule has 0 aliphatic carbocycles. The summed E-state index contributed by atoms with van der Waals surface area (Å²) in [5.41, 5.74) is 0.812. The Hall–Kier alpha value is -1.59. The maximum absolute atomic E-state index is 13.8. The standard InChI is InChI=1S/C16H12BrClFNO2/c17-9-1-4-15-12(7-9)14(5-6-22-15)20-16(21)11-8-10(18)2-3-13(11)19/h1-4,7-8,14H,5-6H2,(H,20,21). The lowest BCUT2D eigenvalue weighted by Gasteiger charge is -2.27. The van der Waals surface area contributed by atoms with Gasteiger partial charge in [0.1, 0.15) is 11.6 Å². The minimum absolute atomic E-state index is 0.0597. The maximum atomic E-state index is 13.8. The molecule has 22 heavy (non-hydrogen) atoms. The van der Waals surface area contributed by atoms with Crippen molar-refractivity contribution in [2.75, 3.05) is 6.61 Å². The highest BCUT2D eigenvalue weighted by molar-refractivity contribution is 9.10. The largest absolute Gasteiger partial charge is 0.493 e. The molecule has 0 aromatic heterocycles. The van der Waals surface area contributed by atoms with Gasteiger partial charge in [0.25, 0.3) is 5.91 Å². The van der Waals surface area contributed by atoms with Crippen molar-refractivity contribution >= 4 is 33.4 Å². The van der Waals surface area contributed by atoms with Crippen LogP contribution in [-0.2, 0) is 0 Å². The van der Waals surface area contributed by atoms with Gasteiger partial charge in [-0.05, 0) is 36.4 Å². The quantitative estimate of drug-likeness (QED) is 0.828. The predicted octanol–water partition coefficient (Wildman–Crippen LogP) is 4.50. The summed E-state index contributed by atoms with van der Waals surface area (Å²) in [5.74, 6) is -0.354. The van der Waals surface area contributed by atoms with Gasteiger partial charge in [-0.15, -0.1) is 0 Å². The van der Waals surface area contributed by atoms with Crippen molar-refractivity contribution in [2.24, 2.45) is 0 Å². The second kappa shape index (κ2) is 6.26. The second-order valence-electron chi connectivity index (χ2n) is 4.97. The fourth-order valence-electron chi connectivity index (χ4n) is 2.42. The van der Waals surface area contributed by atoms with Gasteiger partial charge in [0.15, 0.2) is 0 Å². The highest BCUT2D eigenvalue weighted by Gasteiger charge is 2.24. The van der Waals surface area contributed by atoms with Crippen LogP contribution in [0.3, 0.4) is 0 Å². The molecular formula is C16H12BrClFNO2. The highest BCUT2D eigenvalue weighted by Crippen LogP contribution is 2.34. The number of nitrogens with one attached hydrogen (secondary N) is 1. The number of hydrogen-bond acceptors (Lipinski definition) is 2. The minimum atomic E-state index is -0.594. The monoisotopic (exact) mass is 383 g/mol. The SMILES string of the molecule is O=C(NC1CCOc2ccc(Br)cc21)c1cc(Cl)ccc1F. The van der Waals surface area contributed by atoms with Crippen molar-refractivity contribution in [3.63, 3.8) is 0 Å². The molecule has 6 heteroatoms. The number of carbonyl (C=O) groups is 1. The van der Waals surface area contributed by atoms with Gasteiger partial charge in [-0.3, -0.25) is 4.79 Å². The van der Waals surface area contributed by atoms with Crippen molar-refractivity contribution in [3.8, 4) is 5.75 Å². The molecule has 0 saturated heterocycles. The number of carbonyl (C=O) groups excluding carboxylic acids is 1. The van der Waals surface area contributed by atoms with Gasteiger partial charge in [0.05, 0.1) is 18.2 Å². The van der Waals surface area contributed by atoms with E-state index in [4.69, 9.17) is 16.3 Å². The zero-order chi connectivity index (χ0) is 15.7. The fourth-order valence-corrected chi connectivity index (χ4v) is 2.97. The average molecular weight is 385 g/mol. The molecule has 2 aromatic rings.